The Labute approximate surface area is 210 Å². The molecule has 0 radical (unpaired) electrons. The van der Waals surface area contributed by atoms with Crippen LogP contribution in [0, 0.1) is 3.57 Å². The van der Waals surface area contributed by atoms with Crippen molar-refractivity contribution < 1.29 is 23.9 Å². The molecule has 0 unspecified atom stereocenters. The van der Waals surface area contributed by atoms with Gasteiger partial charge in [-0.25, -0.2) is 4.79 Å². The minimum Gasteiger partial charge on any atom is -0.497 e. The van der Waals surface area contributed by atoms with E-state index in [0.29, 0.717) is 28.3 Å². The normalized spacial score (nSPS) is 14.5. The van der Waals surface area contributed by atoms with Crippen molar-refractivity contribution in [3.8, 4) is 11.5 Å². The molecule has 1 fully saturated rings. The van der Waals surface area contributed by atoms with E-state index < -0.39 is 29.9 Å². The Morgan fingerprint density at radius 2 is 1.44 bits per heavy atom. The number of carbonyl (C=O) groups excluding carboxylic acids is 3. The van der Waals surface area contributed by atoms with Crippen molar-refractivity contribution in [3.05, 3.63) is 87.5 Å². The van der Waals surface area contributed by atoms with E-state index in [4.69, 9.17) is 9.47 Å². The van der Waals surface area contributed by atoms with Crippen molar-refractivity contribution in [2.45, 2.75) is 5.54 Å². The largest absolute Gasteiger partial charge is 0.497 e. The molecule has 1 saturated heterocycles. The fraction of sp³-hybridized carbons (Fsp3) is 0.160. The molecular formula is C25H22IN3O5. The number of halogens is 1. The lowest BCUT2D eigenvalue weighted by Crippen LogP contribution is -2.45. The SMILES string of the molecule is COc1ccc(C2(c3ccc(OC)cc3)NC(=O)N(CC(=O)Nc3ccccc3I)C2=O)cc1. The lowest BCUT2D eigenvalue weighted by atomic mass is 9.82. The average Bonchev–Trinajstić information content (AvgIpc) is 3.11. The van der Waals surface area contributed by atoms with Gasteiger partial charge < -0.3 is 20.1 Å². The minimum absolute atomic E-state index is 0.427. The number of hydrogen-bond donors (Lipinski definition) is 2. The first-order chi connectivity index (χ1) is 16.4. The van der Waals surface area contributed by atoms with Crippen molar-refractivity contribution in [3.63, 3.8) is 0 Å². The Kier molecular flexibility index (Phi) is 6.73. The fourth-order valence-electron chi connectivity index (χ4n) is 3.86. The summed E-state index contributed by atoms with van der Waals surface area (Å²) >= 11 is 2.10. The highest BCUT2D eigenvalue weighted by atomic mass is 127. The van der Waals surface area contributed by atoms with Crippen LogP contribution in [0.4, 0.5) is 10.5 Å². The number of imide groups is 1. The molecule has 0 aromatic heterocycles. The van der Waals surface area contributed by atoms with E-state index >= 15 is 0 Å². The molecule has 0 bridgehead atoms. The zero-order valence-electron chi connectivity index (χ0n) is 18.5. The van der Waals surface area contributed by atoms with Crippen molar-refractivity contribution in [1.29, 1.82) is 0 Å². The maximum atomic E-state index is 13.8. The number of methoxy groups -OCH3 is 2. The van der Waals surface area contributed by atoms with Gasteiger partial charge in [-0.2, -0.15) is 0 Å². The summed E-state index contributed by atoms with van der Waals surface area (Å²) in [6.07, 6.45) is 0. The monoisotopic (exact) mass is 571 g/mol. The Morgan fingerprint density at radius 1 is 0.912 bits per heavy atom. The minimum atomic E-state index is -1.50. The second-order valence-electron chi connectivity index (χ2n) is 7.56. The molecule has 1 heterocycles. The molecule has 1 aliphatic heterocycles. The molecule has 9 heteroatoms. The molecule has 174 valence electrons. The second-order valence-corrected chi connectivity index (χ2v) is 8.72. The van der Waals surface area contributed by atoms with Crippen LogP contribution in [-0.2, 0) is 15.1 Å². The number of benzene rings is 3. The number of nitrogens with one attached hydrogen (secondary N) is 2. The molecular weight excluding hydrogens is 549 g/mol. The van der Waals surface area contributed by atoms with Crippen molar-refractivity contribution >= 4 is 46.1 Å². The number of urea groups is 1. The average molecular weight is 571 g/mol. The van der Waals surface area contributed by atoms with Gasteiger partial charge in [0.1, 0.15) is 18.0 Å². The number of anilines is 1. The first-order valence-electron chi connectivity index (χ1n) is 10.4. The summed E-state index contributed by atoms with van der Waals surface area (Å²) < 4.78 is 11.3. The summed E-state index contributed by atoms with van der Waals surface area (Å²) in [5.41, 5.74) is 0.184. The summed E-state index contributed by atoms with van der Waals surface area (Å²) in [5.74, 6) is 0.192. The zero-order chi connectivity index (χ0) is 24.3. The molecule has 0 aliphatic carbocycles. The third kappa shape index (κ3) is 4.30. The van der Waals surface area contributed by atoms with E-state index in [1.807, 2.05) is 12.1 Å². The van der Waals surface area contributed by atoms with E-state index in [0.717, 1.165) is 8.47 Å². The number of para-hydroxylation sites is 1. The van der Waals surface area contributed by atoms with Crippen LogP contribution in [-0.4, -0.2) is 43.5 Å². The number of nitrogens with zero attached hydrogens (tertiary/aromatic N) is 1. The lowest BCUT2D eigenvalue weighted by molar-refractivity contribution is -0.133. The van der Waals surface area contributed by atoms with Gasteiger partial charge in [0.05, 0.1) is 19.9 Å². The first-order valence-corrected chi connectivity index (χ1v) is 11.4. The zero-order valence-corrected chi connectivity index (χ0v) is 20.7. The molecule has 0 atom stereocenters. The maximum absolute atomic E-state index is 13.8. The summed E-state index contributed by atoms with van der Waals surface area (Å²) in [7, 11) is 3.09. The highest BCUT2D eigenvalue weighted by Gasteiger charge is 2.54. The number of carbonyl (C=O) groups is 3. The summed E-state index contributed by atoms with van der Waals surface area (Å²) in [4.78, 5) is 40.5. The molecule has 34 heavy (non-hydrogen) atoms. The van der Waals surface area contributed by atoms with E-state index in [2.05, 4.69) is 33.2 Å². The van der Waals surface area contributed by atoms with Crippen LogP contribution >= 0.6 is 22.6 Å². The fourth-order valence-corrected chi connectivity index (χ4v) is 4.38. The van der Waals surface area contributed by atoms with E-state index in [-0.39, 0.29) is 0 Å². The molecule has 4 rings (SSSR count). The standard InChI is InChI=1S/C25H22IN3O5/c1-33-18-11-7-16(8-12-18)25(17-9-13-19(34-2)14-10-17)23(31)29(24(32)28-25)15-22(30)27-21-6-4-3-5-20(21)26/h3-14H,15H2,1-2H3,(H,27,30)(H,28,32). The molecule has 0 spiro atoms. The summed E-state index contributed by atoms with van der Waals surface area (Å²) in [5, 5.41) is 5.59. The van der Waals surface area contributed by atoms with Crippen LogP contribution < -0.4 is 20.1 Å². The smallest absolute Gasteiger partial charge is 0.326 e. The van der Waals surface area contributed by atoms with Gasteiger partial charge in [-0.05, 0) is 70.1 Å². The molecule has 8 nitrogen and oxygen atoms in total. The van der Waals surface area contributed by atoms with Crippen LogP contribution in [0.25, 0.3) is 0 Å². The van der Waals surface area contributed by atoms with Gasteiger partial charge in [0.2, 0.25) is 5.91 Å². The van der Waals surface area contributed by atoms with Gasteiger partial charge in [-0.1, -0.05) is 36.4 Å². The lowest BCUT2D eigenvalue weighted by Gasteiger charge is -2.28. The Morgan fingerprint density at radius 3 is 1.94 bits per heavy atom. The number of hydrogen-bond acceptors (Lipinski definition) is 5. The molecule has 4 amide bonds. The van der Waals surface area contributed by atoms with Gasteiger partial charge in [0, 0.05) is 3.57 Å². The van der Waals surface area contributed by atoms with E-state index in [1.54, 1.807) is 74.9 Å². The molecule has 1 aliphatic rings. The van der Waals surface area contributed by atoms with Crippen LogP contribution in [0.5, 0.6) is 11.5 Å². The number of rotatable bonds is 7. The predicted octanol–water partition coefficient (Wildman–Crippen LogP) is 3.74. The van der Waals surface area contributed by atoms with Crippen LogP contribution in [0.2, 0.25) is 0 Å². The Bertz CT molecular complexity index is 1180. The van der Waals surface area contributed by atoms with Crippen molar-refractivity contribution in [1.82, 2.24) is 10.2 Å². The molecule has 3 aromatic rings. The third-order valence-corrected chi connectivity index (χ3v) is 6.54. The summed E-state index contributed by atoms with van der Waals surface area (Å²) in [6, 6.07) is 20.3. The van der Waals surface area contributed by atoms with Crippen LogP contribution in [0.3, 0.4) is 0 Å². The highest BCUT2D eigenvalue weighted by Crippen LogP contribution is 2.37. The third-order valence-electron chi connectivity index (χ3n) is 5.60. The maximum Gasteiger partial charge on any atom is 0.326 e. The molecule has 2 N–H and O–H groups in total. The van der Waals surface area contributed by atoms with Crippen LogP contribution in [0.1, 0.15) is 11.1 Å². The Hall–Kier alpha value is -3.60. The van der Waals surface area contributed by atoms with E-state index in [9.17, 15) is 14.4 Å². The van der Waals surface area contributed by atoms with Gasteiger partial charge in [-0.15, -0.1) is 0 Å². The highest BCUT2D eigenvalue weighted by molar-refractivity contribution is 14.1. The first kappa shape index (κ1) is 23.6. The topological polar surface area (TPSA) is 97.0 Å². The number of amides is 4. The van der Waals surface area contributed by atoms with Crippen molar-refractivity contribution in [2.75, 3.05) is 26.1 Å². The molecule has 0 saturated carbocycles. The quantitative estimate of drug-likeness (QED) is 0.333. The van der Waals surface area contributed by atoms with E-state index in [1.165, 1.54) is 0 Å². The van der Waals surface area contributed by atoms with Crippen molar-refractivity contribution in [2.24, 2.45) is 0 Å². The molecule has 3 aromatic carbocycles. The van der Waals surface area contributed by atoms with Gasteiger partial charge in [0.25, 0.3) is 5.91 Å². The predicted molar refractivity (Wildman–Crippen MR) is 135 cm³/mol. The number of ether oxygens (including phenoxy) is 2. The second kappa shape index (κ2) is 9.72. The van der Waals surface area contributed by atoms with Gasteiger partial charge >= 0.3 is 6.03 Å². The van der Waals surface area contributed by atoms with Gasteiger partial charge in [-0.3, -0.25) is 14.5 Å². The van der Waals surface area contributed by atoms with Gasteiger partial charge in [0.15, 0.2) is 5.54 Å². The summed E-state index contributed by atoms with van der Waals surface area (Å²) in [6.45, 7) is -0.427. The van der Waals surface area contributed by atoms with Crippen LogP contribution in [0.15, 0.2) is 72.8 Å². The Balaban J connectivity index is 1.69.